The maximum atomic E-state index is 12.2. The SMILES string of the molecule is Cc1cc(NC(=O)c2ccccc2C)ccc1C(=O)Cl. The Hall–Kier alpha value is -2.13. The van der Waals surface area contributed by atoms with Gasteiger partial charge in [-0.15, -0.1) is 0 Å². The van der Waals surface area contributed by atoms with E-state index in [0.29, 0.717) is 16.8 Å². The second-order valence-corrected chi connectivity index (χ2v) is 4.92. The van der Waals surface area contributed by atoms with Gasteiger partial charge in [-0.25, -0.2) is 0 Å². The lowest BCUT2D eigenvalue weighted by Gasteiger charge is -2.09. The monoisotopic (exact) mass is 287 g/mol. The van der Waals surface area contributed by atoms with Crippen molar-refractivity contribution in [3.63, 3.8) is 0 Å². The van der Waals surface area contributed by atoms with Gasteiger partial charge in [0.05, 0.1) is 0 Å². The third kappa shape index (κ3) is 3.06. The molecular weight excluding hydrogens is 274 g/mol. The van der Waals surface area contributed by atoms with Crippen molar-refractivity contribution < 1.29 is 9.59 Å². The molecule has 0 unspecified atom stereocenters. The Morgan fingerprint density at radius 1 is 0.950 bits per heavy atom. The fraction of sp³-hybridized carbons (Fsp3) is 0.125. The Labute approximate surface area is 122 Å². The molecular formula is C16H14ClNO2. The first-order valence-corrected chi connectivity index (χ1v) is 6.54. The maximum Gasteiger partial charge on any atom is 0.255 e. The van der Waals surface area contributed by atoms with E-state index in [1.807, 2.05) is 25.1 Å². The predicted molar refractivity (Wildman–Crippen MR) is 80.5 cm³/mol. The molecule has 0 atom stereocenters. The highest BCUT2D eigenvalue weighted by molar-refractivity contribution is 6.67. The molecule has 0 saturated carbocycles. The van der Waals surface area contributed by atoms with Gasteiger partial charge in [0.1, 0.15) is 0 Å². The number of rotatable bonds is 3. The summed E-state index contributed by atoms with van der Waals surface area (Å²) in [6.45, 7) is 3.66. The molecule has 0 aliphatic carbocycles. The molecule has 0 aliphatic heterocycles. The van der Waals surface area contributed by atoms with E-state index in [2.05, 4.69) is 5.32 Å². The van der Waals surface area contributed by atoms with Gasteiger partial charge in [-0.2, -0.15) is 0 Å². The summed E-state index contributed by atoms with van der Waals surface area (Å²) in [6, 6.07) is 12.4. The molecule has 0 fully saturated rings. The molecule has 2 rings (SSSR count). The van der Waals surface area contributed by atoms with Gasteiger partial charge in [-0.1, -0.05) is 18.2 Å². The molecule has 20 heavy (non-hydrogen) atoms. The smallest absolute Gasteiger partial charge is 0.255 e. The largest absolute Gasteiger partial charge is 0.322 e. The molecule has 0 aliphatic rings. The van der Waals surface area contributed by atoms with Crippen LogP contribution in [0.15, 0.2) is 42.5 Å². The van der Waals surface area contributed by atoms with Gasteiger partial charge < -0.3 is 5.32 Å². The first-order valence-electron chi connectivity index (χ1n) is 6.16. The van der Waals surface area contributed by atoms with Crippen LogP contribution in [0.5, 0.6) is 0 Å². The van der Waals surface area contributed by atoms with E-state index in [0.717, 1.165) is 11.1 Å². The fourth-order valence-electron chi connectivity index (χ4n) is 1.99. The molecule has 0 radical (unpaired) electrons. The number of nitrogens with one attached hydrogen (secondary N) is 1. The van der Waals surface area contributed by atoms with Gasteiger partial charge in [0.15, 0.2) is 0 Å². The number of carbonyl (C=O) groups is 2. The van der Waals surface area contributed by atoms with Gasteiger partial charge >= 0.3 is 0 Å². The summed E-state index contributed by atoms with van der Waals surface area (Å²) in [5.41, 5.74) is 3.35. The number of carbonyl (C=O) groups excluding carboxylic acids is 2. The number of benzene rings is 2. The molecule has 0 spiro atoms. The lowest BCUT2D eigenvalue weighted by molar-refractivity contribution is 0.102. The van der Waals surface area contributed by atoms with Crippen LogP contribution < -0.4 is 5.32 Å². The summed E-state index contributed by atoms with van der Waals surface area (Å²) in [6.07, 6.45) is 0. The summed E-state index contributed by atoms with van der Waals surface area (Å²) >= 11 is 5.46. The minimum Gasteiger partial charge on any atom is -0.322 e. The predicted octanol–water partition coefficient (Wildman–Crippen LogP) is 3.93. The molecule has 2 aromatic rings. The minimum atomic E-state index is -0.501. The first kappa shape index (κ1) is 14.3. The van der Waals surface area contributed by atoms with Crippen molar-refractivity contribution in [2.75, 3.05) is 5.32 Å². The van der Waals surface area contributed by atoms with Gasteiger partial charge in [-0.3, -0.25) is 9.59 Å². The van der Waals surface area contributed by atoms with Crippen LogP contribution in [0.1, 0.15) is 31.8 Å². The van der Waals surface area contributed by atoms with E-state index in [9.17, 15) is 9.59 Å². The molecule has 0 bridgehead atoms. The standard InChI is InChI=1S/C16H14ClNO2/c1-10-5-3-4-6-14(10)16(20)18-12-7-8-13(15(17)19)11(2)9-12/h3-9H,1-2H3,(H,18,20). The van der Waals surface area contributed by atoms with Crippen LogP contribution in [0.25, 0.3) is 0 Å². The van der Waals surface area contributed by atoms with Crippen LogP contribution in [-0.4, -0.2) is 11.1 Å². The molecule has 1 amide bonds. The van der Waals surface area contributed by atoms with E-state index >= 15 is 0 Å². The Morgan fingerprint density at radius 3 is 2.25 bits per heavy atom. The van der Waals surface area contributed by atoms with Gasteiger partial charge in [0, 0.05) is 16.8 Å². The zero-order valence-electron chi connectivity index (χ0n) is 11.2. The summed E-state index contributed by atoms with van der Waals surface area (Å²) in [4.78, 5) is 23.3. The maximum absolute atomic E-state index is 12.2. The van der Waals surface area contributed by atoms with E-state index in [4.69, 9.17) is 11.6 Å². The van der Waals surface area contributed by atoms with Gasteiger partial charge in [-0.05, 0) is 60.8 Å². The molecule has 2 aromatic carbocycles. The molecule has 102 valence electrons. The van der Waals surface area contributed by atoms with Gasteiger partial charge in [0.2, 0.25) is 0 Å². The van der Waals surface area contributed by atoms with E-state index in [-0.39, 0.29) is 5.91 Å². The van der Waals surface area contributed by atoms with Crippen LogP contribution in [-0.2, 0) is 0 Å². The van der Waals surface area contributed by atoms with Crippen LogP contribution >= 0.6 is 11.6 Å². The third-order valence-electron chi connectivity index (χ3n) is 3.09. The molecule has 4 heteroatoms. The van der Waals surface area contributed by atoms with Crippen LogP contribution in [0.3, 0.4) is 0 Å². The Balaban J connectivity index is 2.23. The summed E-state index contributed by atoms with van der Waals surface area (Å²) in [5, 5.41) is 2.31. The van der Waals surface area contributed by atoms with Crippen molar-refractivity contribution in [3.05, 3.63) is 64.7 Å². The van der Waals surface area contributed by atoms with Crippen LogP contribution in [0, 0.1) is 13.8 Å². The molecule has 0 saturated heterocycles. The van der Waals surface area contributed by atoms with Crippen molar-refractivity contribution >= 4 is 28.4 Å². The lowest BCUT2D eigenvalue weighted by Crippen LogP contribution is -2.13. The second kappa shape index (κ2) is 5.88. The Morgan fingerprint density at radius 2 is 1.65 bits per heavy atom. The molecule has 0 aromatic heterocycles. The topological polar surface area (TPSA) is 46.2 Å². The average molecular weight is 288 g/mol. The van der Waals surface area contributed by atoms with E-state index in [1.165, 1.54) is 0 Å². The van der Waals surface area contributed by atoms with Crippen LogP contribution in [0.2, 0.25) is 0 Å². The minimum absolute atomic E-state index is 0.174. The fourth-order valence-corrected chi connectivity index (χ4v) is 2.20. The number of amides is 1. The number of hydrogen-bond donors (Lipinski definition) is 1. The molecule has 3 nitrogen and oxygen atoms in total. The molecule has 0 heterocycles. The van der Waals surface area contributed by atoms with Crippen molar-refractivity contribution in [2.24, 2.45) is 0 Å². The second-order valence-electron chi connectivity index (χ2n) is 4.57. The quantitative estimate of drug-likeness (QED) is 0.869. The Bertz CT molecular complexity index is 680. The summed E-state index contributed by atoms with van der Waals surface area (Å²) < 4.78 is 0. The summed E-state index contributed by atoms with van der Waals surface area (Å²) in [5.74, 6) is -0.174. The van der Waals surface area contributed by atoms with Crippen LogP contribution in [0.4, 0.5) is 5.69 Å². The number of halogens is 1. The van der Waals surface area contributed by atoms with Crippen molar-refractivity contribution in [1.82, 2.24) is 0 Å². The number of aryl methyl sites for hydroxylation is 2. The zero-order valence-corrected chi connectivity index (χ0v) is 12.0. The first-order chi connectivity index (χ1) is 9.49. The zero-order chi connectivity index (χ0) is 14.7. The van der Waals surface area contributed by atoms with Gasteiger partial charge in [0.25, 0.3) is 11.1 Å². The number of hydrogen-bond acceptors (Lipinski definition) is 2. The normalized spacial score (nSPS) is 10.2. The number of anilines is 1. The lowest BCUT2D eigenvalue weighted by atomic mass is 10.1. The highest BCUT2D eigenvalue weighted by Gasteiger charge is 2.10. The highest BCUT2D eigenvalue weighted by atomic mass is 35.5. The third-order valence-corrected chi connectivity index (χ3v) is 3.29. The highest BCUT2D eigenvalue weighted by Crippen LogP contribution is 2.18. The Kier molecular flexibility index (Phi) is 4.20. The van der Waals surface area contributed by atoms with Crippen molar-refractivity contribution in [2.45, 2.75) is 13.8 Å². The average Bonchev–Trinajstić information content (AvgIpc) is 2.38. The van der Waals surface area contributed by atoms with E-state index in [1.54, 1.807) is 31.2 Å². The molecule has 1 N–H and O–H groups in total. The van der Waals surface area contributed by atoms with Crippen molar-refractivity contribution in [3.8, 4) is 0 Å². The van der Waals surface area contributed by atoms with E-state index < -0.39 is 5.24 Å². The summed E-state index contributed by atoms with van der Waals surface area (Å²) in [7, 11) is 0. The van der Waals surface area contributed by atoms with Crippen molar-refractivity contribution in [1.29, 1.82) is 0 Å².